The van der Waals surface area contributed by atoms with E-state index in [2.05, 4.69) is 10.6 Å². The largest absolute Gasteiger partial charge is 0.501 e. The summed E-state index contributed by atoms with van der Waals surface area (Å²) in [5.74, 6) is -0.943. The summed E-state index contributed by atoms with van der Waals surface area (Å²) in [7, 11) is -5.53. The van der Waals surface area contributed by atoms with E-state index in [1.54, 1.807) is 20.8 Å². The van der Waals surface area contributed by atoms with E-state index in [1.807, 2.05) is 0 Å². The summed E-state index contributed by atoms with van der Waals surface area (Å²) < 4.78 is 67.0. The van der Waals surface area contributed by atoms with Gasteiger partial charge in [-0.25, -0.2) is 13.2 Å². The van der Waals surface area contributed by atoms with E-state index in [1.165, 1.54) is 6.07 Å². The fourth-order valence-electron chi connectivity index (χ4n) is 4.42. The maximum atomic E-state index is 13.0. The monoisotopic (exact) mass is 462 g/mol. The van der Waals surface area contributed by atoms with Crippen molar-refractivity contribution in [2.75, 3.05) is 5.32 Å². The molecule has 31 heavy (non-hydrogen) atoms. The molecule has 1 aromatic carbocycles. The van der Waals surface area contributed by atoms with E-state index in [9.17, 15) is 31.2 Å². The van der Waals surface area contributed by atoms with Crippen LogP contribution in [0.2, 0.25) is 0 Å². The van der Waals surface area contributed by atoms with E-state index in [4.69, 9.17) is 4.74 Å². The van der Waals surface area contributed by atoms with Crippen LogP contribution < -0.4 is 10.6 Å². The molecule has 1 aromatic rings. The highest BCUT2D eigenvalue weighted by Gasteiger charge is 2.52. The Labute approximate surface area is 178 Å². The Morgan fingerprint density at radius 3 is 2.35 bits per heavy atom. The number of fused-ring (bicyclic) bond motifs is 2. The molecule has 7 nitrogen and oxygen atoms in total. The first-order valence-electron chi connectivity index (χ1n) is 9.91. The number of sulfone groups is 1. The molecule has 0 aromatic heterocycles. The van der Waals surface area contributed by atoms with Crippen molar-refractivity contribution in [3.63, 3.8) is 0 Å². The SMILES string of the molecule is CC(C)(C)OC(=O)N[C@H]1C(C(=O)Nc2cccc(S(=O)(=O)C(F)(F)F)c2)[C@@H]2CC[C@H]1C2. The zero-order valence-corrected chi connectivity index (χ0v) is 18.1. The number of halogens is 3. The molecule has 0 heterocycles. The minimum atomic E-state index is -5.53. The molecular formula is C20H25F3N2O5S. The average Bonchev–Trinajstić information content (AvgIpc) is 3.20. The topological polar surface area (TPSA) is 102 Å². The minimum absolute atomic E-state index is 0.0204. The number of benzene rings is 1. The van der Waals surface area contributed by atoms with Gasteiger partial charge in [-0.3, -0.25) is 4.79 Å². The van der Waals surface area contributed by atoms with Gasteiger partial charge in [-0.1, -0.05) is 6.07 Å². The highest BCUT2D eigenvalue weighted by atomic mass is 32.2. The molecular weight excluding hydrogens is 437 g/mol. The molecule has 4 atom stereocenters. The molecule has 1 unspecified atom stereocenters. The van der Waals surface area contributed by atoms with E-state index < -0.39 is 49.8 Å². The standard InChI is InChI=1S/C20H25F3N2O5S/c1-19(2,3)30-18(27)25-16-12-8-7-11(9-12)15(16)17(26)24-13-5-4-6-14(10-13)31(28,29)20(21,22)23/h4-6,10-12,15-16H,7-9H2,1-3H3,(H,24,26)(H,25,27)/t11-,12+,15?,16-/m1/s1. The number of rotatable bonds is 4. The van der Waals surface area contributed by atoms with E-state index in [0.717, 1.165) is 37.5 Å². The fraction of sp³-hybridized carbons (Fsp3) is 0.600. The van der Waals surface area contributed by atoms with Crippen molar-refractivity contribution in [1.82, 2.24) is 5.32 Å². The Morgan fingerprint density at radius 1 is 1.10 bits per heavy atom. The molecule has 0 radical (unpaired) electrons. The normalized spacial score (nSPS) is 25.9. The zero-order chi connectivity index (χ0) is 23.2. The summed E-state index contributed by atoms with van der Waals surface area (Å²) in [4.78, 5) is 24.2. The highest BCUT2D eigenvalue weighted by Crippen LogP contribution is 2.49. The van der Waals surface area contributed by atoms with Crippen LogP contribution in [0.3, 0.4) is 0 Å². The summed E-state index contributed by atoms with van der Waals surface area (Å²) in [6.45, 7) is 5.17. The smallest absolute Gasteiger partial charge is 0.444 e. The van der Waals surface area contributed by atoms with Crippen LogP contribution in [0.4, 0.5) is 23.7 Å². The minimum Gasteiger partial charge on any atom is -0.444 e. The maximum absolute atomic E-state index is 13.0. The number of carbonyl (C=O) groups is 2. The molecule has 2 aliphatic carbocycles. The lowest BCUT2D eigenvalue weighted by molar-refractivity contribution is -0.122. The van der Waals surface area contributed by atoms with Crippen LogP contribution in [-0.2, 0) is 19.4 Å². The lowest BCUT2D eigenvalue weighted by atomic mass is 9.83. The summed E-state index contributed by atoms with van der Waals surface area (Å²) in [5.41, 5.74) is -6.21. The van der Waals surface area contributed by atoms with Crippen molar-refractivity contribution in [2.45, 2.75) is 62.1 Å². The molecule has 0 aliphatic heterocycles. The molecule has 11 heteroatoms. The molecule has 3 rings (SSSR count). The van der Waals surface area contributed by atoms with Gasteiger partial charge in [-0.2, -0.15) is 13.2 Å². The quantitative estimate of drug-likeness (QED) is 0.708. The Hall–Kier alpha value is -2.30. The molecule has 2 saturated carbocycles. The van der Waals surface area contributed by atoms with E-state index >= 15 is 0 Å². The number of hydrogen-bond donors (Lipinski definition) is 2. The molecule has 2 fully saturated rings. The van der Waals surface area contributed by atoms with Gasteiger partial charge in [0.2, 0.25) is 5.91 Å². The van der Waals surface area contributed by atoms with Crippen LogP contribution in [0.1, 0.15) is 40.0 Å². The molecule has 0 saturated heterocycles. The summed E-state index contributed by atoms with van der Waals surface area (Å²) in [6, 6.07) is 3.59. The lowest BCUT2D eigenvalue weighted by Crippen LogP contribution is -2.49. The number of alkyl halides is 3. The summed E-state index contributed by atoms with van der Waals surface area (Å²) >= 11 is 0. The molecule has 2 N–H and O–H groups in total. The number of hydrogen-bond acceptors (Lipinski definition) is 5. The second-order valence-electron chi connectivity index (χ2n) is 9.00. The first kappa shape index (κ1) is 23.4. The van der Waals surface area contributed by atoms with Gasteiger partial charge in [0.15, 0.2) is 0 Å². The molecule has 2 aliphatic rings. The van der Waals surface area contributed by atoms with Gasteiger partial charge in [0.1, 0.15) is 5.60 Å². The van der Waals surface area contributed by atoms with Gasteiger partial charge in [0.05, 0.1) is 10.8 Å². The number of carbonyl (C=O) groups excluding carboxylic acids is 2. The predicted octanol–water partition coefficient (Wildman–Crippen LogP) is 3.86. The van der Waals surface area contributed by atoms with Crippen molar-refractivity contribution in [2.24, 2.45) is 17.8 Å². The van der Waals surface area contributed by atoms with Crippen LogP contribution >= 0.6 is 0 Å². The Kier molecular flexibility index (Phi) is 6.03. The van der Waals surface area contributed by atoms with Gasteiger partial charge in [-0.15, -0.1) is 0 Å². The van der Waals surface area contributed by atoms with Crippen molar-refractivity contribution in [1.29, 1.82) is 0 Å². The van der Waals surface area contributed by atoms with Gasteiger partial charge in [0.25, 0.3) is 9.84 Å². The highest BCUT2D eigenvalue weighted by molar-refractivity contribution is 7.92. The first-order chi connectivity index (χ1) is 14.2. The number of amides is 2. The van der Waals surface area contributed by atoms with Crippen LogP contribution in [-0.4, -0.2) is 37.6 Å². The molecule has 172 valence electrons. The first-order valence-corrected chi connectivity index (χ1v) is 11.4. The van der Waals surface area contributed by atoms with Crippen LogP contribution in [0, 0.1) is 17.8 Å². The van der Waals surface area contributed by atoms with Crippen molar-refractivity contribution >= 4 is 27.5 Å². The number of anilines is 1. The Bertz CT molecular complexity index is 972. The third kappa shape index (κ3) is 4.97. The van der Waals surface area contributed by atoms with E-state index in [0.29, 0.717) is 0 Å². The predicted molar refractivity (Wildman–Crippen MR) is 106 cm³/mol. The third-order valence-corrected chi connectivity index (χ3v) is 7.10. The van der Waals surface area contributed by atoms with Gasteiger partial charge >= 0.3 is 11.6 Å². The third-order valence-electron chi connectivity index (χ3n) is 5.62. The van der Waals surface area contributed by atoms with Gasteiger partial charge in [-0.05, 0) is 70.1 Å². The van der Waals surface area contributed by atoms with Crippen LogP contribution in [0.5, 0.6) is 0 Å². The Morgan fingerprint density at radius 2 is 1.74 bits per heavy atom. The van der Waals surface area contributed by atoms with Crippen LogP contribution in [0.15, 0.2) is 29.2 Å². The number of alkyl carbamates (subject to hydrolysis) is 1. The second-order valence-corrected chi connectivity index (χ2v) is 10.9. The number of ether oxygens (including phenoxy) is 1. The summed E-state index contributed by atoms with van der Waals surface area (Å²) in [6.07, 6.45) is 1.77. The second kappa shape index (κ2) is 7.99. The van der Waals surface area contributed by atoms with Crippen molar-refractivity contribution in [3.05, 3.63) is 24.3 Å². The van der Waals surface area contributed by atoms with Gasteiger partial charge in [0, 0.05) is 11.7 Å². The van der Waals surface area contributed by atoms with Gasteiger partial charge < -0.3 is 15.4 Å². The average molecular weight is 462 g/mol. The summed E-state index contributed by atoms with van der Waals surface area (Å²) in [5, 5.41) is 5.29. The number of nitrogens with one attached hydrogen (secondary N) is 2. The lowest BCUT2D eigenvalue weighted by Gasteiger charge is -2.31. The van der Waals surface area contributed by atoms with Crippen molar-refractivity contribution in [3.8, 4) is 0 Å². The zero-order valence-electron chi connectivity index (χ0n) is 17.3. The van der Waals surface area contributed by atoms with E-state index in [-0.39, 0.29) is 17.5 Å². The Balaban J connectivity index is 1.76. The molecule has 2 amide bonds. The fourth-order valence-corrected chi connectivity index (χ4v) is 5.23. The van der Waals surface area contributed by atoms with Crippen LogP contribution in [0.25, 0.3) is 0 Å². The maximum Gasteiger partial charge on any atom is 0.501 e. The molecule has 2 bridgehead atoms. The van der Waals surface area contributed by atoms with Crippen molar-refractivity contribution < 1.29 is 35.9 Å². The molecule has 0 spiro atoms.